The third-order valence-corrected chi connectivity index (χ3v) is 2.62. The van der Waals surface area contributed by atoms with Gasteiger partial charge in [0.15, 0.2) is 0 Å². The first-order valence-electron chi connectivity index (χ1n) is 4.90. The highest BCUT2D eigenvalue weighted by atomic mass is 16.5. The number of methoxy groups -OCH3 is 1. The molecular weight excluding hydrogens is 174 g/mol. The molecular formula is C12H15NO. The van der Waals surface area contributed by atoms with Gasteiger partial charge < -0.3 is 10.5 Å². The lowest BCUT2D eigenvalue weighted by Crippen LogP contribution is -2.11. The highest BCUT2D eigenvalue weighted by Gasteiger charge is 2.12. The van der Waals surface area contributed by atoms with Crippen LogP contribution in [0.1, 0.15) is 18.4 Å². The summed E-state index contributed by atoms with van der Waals surface area (Å²) in [6, 6.07) is 8.39. The van der Waals surface area contributed by atoms with E-state index in [1.54, 1.807) is 7.11 Å². The Morgan fingerprint density at radius 2 is 2.00 bits per heavy atom. The van der Waals surface area contributed by atoms with Gasteiger partial charge in [-0.15, -0.1) is 0 Å². The van der Waals surface area contributed by atoms with E-state index in [4.69, 9.17) is 10.5 Å². The molecule has 0 aromatic heterocycles. The lowest BCUT2D eigenvalue weighted by atomic mass is 10.1. The van der Waals surface area contributed by atoms with Crippen molar-refractivity contribution in [2.24, 2.45) is 5.73 Å². The van der Waals surface area contributed by atoms with E-state index >= 15 is 0 Å². The van der Waals surface area contributed by atoms with Gasteiger partial charge in [-0.3, -0.25) is 0 Å². The quantitative estimate of drug-likeness (QED) is 0.774. The number of rotatable bonds is 2. The Labute approximate surface area is 84.4 Å². The molecule has 0 saturated heterocycles. The fourth-order valence-electron chi connectivity index (χ4n) is 1.79. The van der Waals surface area contributed by atoms with Crippen molar-refractivity contribution in [2.75, 3.05) is 7.11 Å². The molecule has 14 heavy (non-hydrogen) atoms. The zero-order valence-corrected chi connectivity index (χ0v) is 8.36. The van der Waals surface area contributed by atoms with Crippen molar-refractivity contribution in [3.8, 4) is 5.75 Å². The van der Waals surface area contributed by atoms with Crippen molar-refractivity contribution in [2.45, 2.75) is 18.9 Å². The number of hydrogen-bond acceptors (Lipinski definition) is 2. The third kappa shape index (κ3) is 1.80. The van der Waals surface area contributed by atoms with Crippen molar-refractivity contribution in [3.63, 3.8) is 0 Å². The van der Waals surface area contributed by atoms with E-state index in [9.17, 15) is 0 Å². The first-order valence-corrected chi connectivity index (χ1v) is 4.90. The van der Waals surface area contributed by atoms with Crippen LogP contribution >= 0.6 is 0 Å². The minimum Gasteiger partial charge on any atom is -0.497 e. The summed E-state index contributed by atoms with van der Waals surface area (Å²) in [6.07, 6.45) is 4.32. The van der Waals surface area contributed by atoms with Crippen LogP contribution in [0.15, 0.2) is 30.3 Å². The van der Waals surface area contributed by atoms with Crippen LogP contribution in [0, 0.1) is 0 Å². The second-order valence-corrected chi connectivity index (χ2v) is 3.62. The maximum Gasteiger partial charge on any atom is 0.118 e. The smallest absolute Gasteiger partial charge is 0.118 e. The van der Waals surface area contributed by atoms with Gasteiger partial charge in [0, 0.05) is 6.04 Å². The minimum atomic E-state index is 0.243. The van der Waals surface area contributed by atoms with E-state index in [1.165, 1.54) is 11.1 Å². The van der Waals surface area contributed by atoms with E-state index < -0.39 is 0 Å². The number of ether oxygens (including phenoxy) is 1. The van der Waals surface area contributed by atoms with Gasteiger partial charge in [-0.05, 0) is 36.1 Å². The average molecular weight is 189 g/mol. The number of nitrogens with two attached hydrogens (primary N) is 1. The van der Waals surface area contributed by atoms with Crippen molar-refractivity contribution in [1.82, 2.24) is 0 Å². The SMILES string of the molecule is COc1ccc(C2=CC(N)CC2)cc1. The first kappa shape index (κ1) is 9.28. The Morgan fingerprint density at radius 1 is 1.29 bits per heavy atom. The Morgan fingerprint density at radius 3 is 2.50 bits per heavy atom. The average Bonchev–Trinajstić information content (AvgIpc) is 2.65. The largest absolute Gasteiger partial charge is 0.497 e. The summed E-state index contributed by atoms with van der Waals surface area (Å²) >= 11 is 0. The molecule has 2 N–H and O–H groups in total. The molecule has 0 fully saturated rings. The van der Waals surface area contributed by atoms with E-state index in [-0.39, 0.29) is 6.04 Å². The maximum atomic E-state index is 5.82. The van der Waals surface area contributed by atoms with Gasteiger partial charge in [0.2, 0.25) is 0 Å². The molecule has 0 radical (unpaired) electrons. The van der Waals surface area contributed by atoms with Crippen LogP contribution < -0.4 is 10.5 Å². The van der Waals surface area contributed by atoms with E-state index in [2.05, 4.69) is 18.2 Å². The predicted octanol–water partition coefficient (Wildman–Crippen LogP) is 2.20. The van der Waals surface area contributed by atoms with Crippen molar-refractivity contribution in [1.29, 1.82) is 0 Å². The first-order chi connectivity index (χ1) is 6.79. The molecule has 1 atom stereocenters. The fourth-order valence-corrected chi connectivity index (χ4v) is 1.79. The van der Waals surface area contributed by atoms with Crippen LogP contribution in [-0.4, -0.2) is 13.2 Å². The molecule has 74 valence electrons. The number of benzene rings is 1. The molecule has 0 aliphatic heterocycles. The van der Waals surface area contributed by atoms with Crippen LogP contribution in [0.25, 0.3) is 5.57 Å². The molecule has 1 aliphatic rings. The van der Waals surface area contributed by atoms with Crippen LogP contribution in [0.2, 0.25) is 0 Å². The Balaban J connectivity index is 2.21. The predicted molar refractivity (Wildman–Crippen MR) is 58.2 cm³/mol. The highest BCUT2D eigenvalue weighted by molar-refractivity contribution is 5.68. The molecule has 1 unspecified atom stereocenters. The minimum absolute atomic E-state index is 0.243. The summed E-state index contributed by atoms with van der Waals surface area (Å²) in [6.45, 7) is 0. The van der Waals surface area contributed by atoms with Crippen LogP contribution in [-0.2, 0) is 0 Å². The molecule has 2 heteroatoms. The van der Waals surface area contributed by atoms with Crippen molar-refractivity contribution >= 4 is 5.57 Å². The number of allylic oxidation sites excluding steroid dienone is 1. The second-order valence-electron chi connectivity index (χ2n) is 3.62. The lowest BCUT2D eigenvalue weighted by Gasteiger charge is -2.03. The van der Waals surface area contributed by atoms with Gasteiger partial charge in [0.25, 0.3) is 0 Å². The van der Waals surface area contributed by atoms with Gasteiger partial charge >= 0.3 is 0 Å². The zero-order chi connectivity index (χ0) is 9.97. The molecule has 2 nitrogen and oxygen atoms in total. The molecule has 0 bridgehead atoms. The van der Waals surface area contributed by atoms with E-state index in [1.807, 2.05) is 12.1 Å². The van der Waals surface area contributed by atoms with E-state index in [0.717, 1.165) is 18.6 Å². The molecule has 0 amide bonds. The zero-order valence-electron chi connectivity index (χ0n) is 8.36. The van der Waals surface area contributed by atoms with Gasteiger partial charge in [0.05, 0.1) is 7.11 Å². The van der Waals surface area contributed by atoms with Gasteiger partial charge in [-0.1, -0.05) is 18.2 Å². The number of hydrogen-bond donors (Lipinski definition) is 1. The monoisotopic (exact) mass is 189 g/mol. The second kappa shape index (κ2) is 3.84. The Bertz CT molecular complexity index is 340. The summed E-state index contributed by atoms with van der Waals surface area (Å²) in [4.78, 5) is 0. The molecule has 0 saturated carbocycles. The third-order valence-electron chi connectivity index (χ3n) is 2.62. The highest BCUT2D eigenvalue weighted by Crippen LogP contribution is 2.28. The van der Waals surface area contributed by atoms with Crippen molar-refractivity contribution < 1.29 is 4.74 Å². The van der Waals surface area contributed by atoms with Crippen LogP contribution in [0.3, 0.4) is 0 Å². The molecule has 0 spiro atoms. The Kier molecular flexibility index (Phi) is 2.55. The standard InChI is InChI=1S/C12H15NO/c1-14-12-6-3-9(4-7-12)10-2-5-11(13)8-10/h3-4,6-8,11H,2,5,13H2,1H3. The summed E-state index contributed by atoms with van der Waals surface area (Å²) in [5.41, 5.74) is 8.44. The lowest BCUT2D eigenvalue weighted by molar-refractivity contribution is 0.415. The van der Waals surface area contributed by atoms with E-state index in [0.29, 0.717) is 0 Å². The Hall–Kier alpha value is -1.28. The van der Waals surface area contributed by atoms with Crippen LogP contribution in [0.4, 0.5) is 0 Å². The molecule has 0 heterocycles. The molecule has 1 aromatic carbocycles. The van der Waals surface area contributed by atoms with Crippen LogP contribution in [0.5, 0.6) is 5.75 Å². The summed E-state index contributed by atoms with van der Waals surface area (Å²) in [7, 11) is 1.68. The summed E-state index contributed by atoms with van der Waals surface area (Å²) in [5, 5.41) is 0. The normalized spacial score (nSPS) is 20.7. The van der Waals surface area contributed by atoms with Gasteiger partial charge in [0.1, 0.15) is 5.75 Å². The summed E-state index contributed by atoms with van der Waals surface area (Å²) < 4.78 is 5.11. The molecule has 1 aromatic rings. The molecule has 1 aliphatic carbocycles. The van der Waals surface area contributed by atoms with Crippen molar-refractivity contribution in [3.05, 3.63) is 35.9 Å². The molecule has 2 rings (SSSR count). The maximum absolute atomic E-state index is 5.82. The summed E-state index contributed by atoms with van der Waals surface area (Å²) in [5.74, 6) is 0.900. The van der Waals surface area contributed by atoms with Gasteiger partial charge in [-0.25, -0.2) is 0 Å². The topological polar surface area (TPSA) is 35.2 Å². The fraction of sp³-hybridized carbons (Fsp3) is 0.333. The van der Waals surface area contributed by atoms with Gasteiger partial charge in [-0.2, -0.15) is 0 Å².